The molecule has 3 rings (SSSR count). The van der Waals surface area contributed by atoms with Crippen LogP contribution < -0.4 is 21.3 Å². The number of hydrogen-bond acceptors (Lipinski definition) is 5. The molecule has 0 atom stereocenters. The summed E-state index contributed by atoms with van der Waals surface area (Å²) >= 11 is 0. The molecule has 33 heavy (non-hydrogen) atoms. The van der Waals surface area contributed by atoms with Gasteiger partial charge >= 0.3 is 0 Å². The zero-order valence-corrected chi connectivity index (χ0v) is 22.5. The van der Waals surface area contributed by atoms with Crippen LogP contribution in [0.1, 0.15) is 57.4 Å². The molecule has 1 aromatic heterocycles. The number of carbonyl (C=O) groups excluding carboxylic acids is 1. The third-order valence-electron chi connectivity index (χ3n) is 7.01. The number of hydrogen-bond donors (Lipinski definition) is 3. The standard InChI is InChI=1S/C24H40N6O2.HI/c1-3-32-16-12-24(10-4-5-11-24)18-29-23(26-2)28-17-20-7-6-13-27-22(20)30-14-8-19(9-15-30)21(25)31;/h6-7,13,19H,3-5,8-12,14-18H2,1-2H3,(H2,25,31)(H2,26,28,29);1H. The molecule has 0 aromatic carbocycles. The Morgan fingerprint density at radius 2 is 2.03 bits per heavy atom. The first-order chi connectivity index (χ1) is 15.6. The van der Waals surface area contributed by atoms with Crippen LogP contribution in [0.25, 0.3) is 0 Å². The molecule has 2 fully saturated rings. The number of nitrogens with one attached hydrogen (secondary N) is 2. The summed E-state index contributed by atoms with van der Waals surface area (Å²) in [5, 5.41) is 7.03. The first kappa shape index (κ1) is 27.6. The van der Waals surface area contributed by atoms with E-state index in [1.165, 1.54) is 25.7 Å². The highest BCUT2D eigenvalue weighted by Gasteiger charge is 2.33. The van der Waals surface area contributed by atoms with Crippen LogP contribution in [0.15, 0.2) is 23.3 Å². The lowest BCUT2D eigenvalue weighted by Gasteiger charge is -2.33. The summed E-state index contributed by atoms with van der Waals surface area (Å²) in [5.41, 5.74) is 6.91. The van der Waals surface area contributed by atoms with Crippen LogP contribution >= 0.6 is 24.0 Å². The van der Waals surface area contributed by atoms with Crippen molar-refractivity contribution in [1.29, 1.82) is 0 Å². The Morgan fingerprint density at radius 1 is 1.30 bits per heavy atom. The molecule has 2 heterocycles. The van der Waals surface area contributed by atoms with E-state index in [-0.39, 0.29) is 35.8 Å². The number of ether oxygens (including phenoxy) is 1. The number of rotatable bonds is 10. The number of primary amides is 1. The van der Waals surface area contributed by atoms with Crippen LogP contribution in [0.2, 0.25) is 0 Å². The van der Waals surface area contributed by atoms with E-state index in [0.717, 1.165) is 69.5 Å². The molecule has 8 nitrogen and oxygen atoms in total. The van der Waals surface area contributed by atoms with Crippen molar-refractivity contribution in [1.82, 2.24) is 15.6 Å². The maximum absolute atomic E-state index is 11.5. The third-order valence-corrected chi connectivity index (χ3v) is 7.01. The molecule has 1 aliphatic heterocycles. The largest absolute Gasteiger partial charge is 0.382 e. The van der Waals surface area contributed by atoms with E-state index < -0.39 is 0 Å². The predicted octanol–water partition coefficient (Wildman–Crippen LogP) is 3.05. The zero-order chi connectivity index (χ0) is 22.8. The highest BCUT2D eigenvalue weighted by Crippen LogP contribution is 2.40. The van der Waals surface area contributed by atoms with Gasteiger partial charge in [-0.25, -0.2) is 4.98 Å². The molecule has 0 radical (unpaired) electrons. The molecule has 186 valence electrons. The van der Waals surface area contributed by atoms with E-state index >= 15 is 0 Å². The minimum Gasteiger partial charge on any atom is -0.382 e. The van der Waals surface area contributed by atoms with Gasteiger partial charge in [-0.05, 0) is 50.5 Å². The minimum atomic E-state index is -0.191. The fourth-order valence-electron chi connectivity index (χ4n) is 4.97. The Morgan fingerprint density at radius 3 is 2.67 bits per heavy atom. The van der Waals surface area contributed by atoms with Gasteiger partial charge in [-0.3, -0.25) is 9.79 Å². The number of nitrogens with two attached hydrogens (primary N) is 1. The number of amides is 1. The molecule has 0 spiro atoms. The maximum Gasteiger partial charge on any atom is 0.220 e. The Labute approximate surface area is 215 Å². The van der Waals surface area contributed by atoms with Crippen LogP contribution in [-0.4, -0.2) is 56.7 Å². The molecule has 1 aromatic rings. The molecule has 1 amide bonds. The van der Waals surface area contributed by atoms with Gasteiger partial charge in [0.15, 0.2) is 5.96 Å². The van der Waals surface area contributed by atoms with E-state index in [2.05, 4.69) is 38.5 Å². The lowest BCUT2D eigenvalue weighted by atomic mass is 9.83. The van der Waals surface area contributed by atoms with Gasteiger partial charge in [0.05, 0.1) is 0 Å². The summed E-state index contributed by atoms with van der Waals surface area (Å²) in [6, 6.07) is 4.07. The van der Waals surface area contributed by atoms with Crippen molar-refractivity contribution in [3.05, 3.63) is 23.9 Å². The van der Waals surface area contributed by atoms with Gasteiger partial charge in [0.25, 0.3) is 0 Å². The molecule has 0 unspecified atom stereocenters. The highest BCUT2D eigenvalue weighted by atomic mass is 127. The van der Waals surface area contributed by atoms with Crippen molar-refractivity contribution in [2.75, 3.05) is 44.8 Å². The Hall–Kier alpha value is -1.62. The van der Waals surface area contributed by atoms with Gasteiger partial charge < -0.3 is 26.0 Å². The van der Waals surface area contributed by atoms with Crippen LogP contribution in [-0.2, 0) is 16.1 Å². The number of aromatic nitrogens is 1. The molecule has 1 aliphatic carbocycles. The number of carbonyl (C=O) groups is 1. The first-order valence-electron chi connectivity index (χ1n) is 12.1. The SMILES string of the molecule is CCOCCC1(CNC(=NC)NCc2cccnc2N2CCC(C(N)=O)CC2)CCCC1.I. The van der Waals surface area contributed by atoms with Crippen LogP contribution in [0, 0.1) is 11.3 Å². The molecule has 4 N–H and O–H groups in total. The molecule has 0 bridgehead atoms. The van der Waals surface area contributed by atoms with Gasteiger partial charge in [0, 0.05) is 64.1 Å². The summed E-state index contributed by atoms with van der Waals surface area (Å²) in [7, 11) is 1.82. The summed E-state index contributed by atoms with van der Waals surface area (Å²) < 4.78 is 5.64. The fraction of sp³-hybridized carbons (Fsp3) is 0.708. The number of aliphatic imine (C=N–C) groups is 1. The lowest BCUT2D eigenvalue weighted by molar-refractivity contribution is -0.122. The van der Waals surface area contributed by atoms with E-state index in [4.69, 9.17) is 10.5 Å². The van der Waals surface area contributed by atoms with Crippen molar-refractivity contribution in [2.24, 2.45) is 22.1 Å². The monoisotopic (exact) mass is 572 g/mol. The fourth-order valence-corrected chi connectivity index (χ4v) is 4.97. The quantitative estimate of drug-likeness (QED) is 0.172. The molecule has 9 heteroatoms. The Kier molecular flexibility index (Phi) is 11.7. The Bertz CT molecular complexity index is 761. The van der Waals surface area contributed by atoms with Crippen LogP contribution in [0.3, 0.4) is 0 Å². The maximum atomic E-state index is 11.5. The van der Waals surface area contributed by atoms with Gasteiger partial charge in [0.2, 0.25) is 5.91 Å². The number of guanidine groups is 1. The molecule has 2 aliphatic rings. The summed E-state index contributed by atoms with van der Waals surface area (Å²) in [6.45, 7) is 6.82. The second kappa shape index (κ2) is 13.9. The molecule has 1 saturated carbocycles. The van der Waals surface area contributed by atoms with Gasteiger partial charge in [-0.15, -0.1) is 24.0 Å². The van der Waals surface area contributed by atoms with Crippen molar-refractivity contribution >= 4 is 41.7 Å². The number of pyridine rings is 1. The Balaban J connectivity index is 0.00000385. The second-order valence-electron chi connectivity index (χ2n) is 9.08. The number of piperidine rings is 1. The second-order valence-corrected chi connectivity index (χ2v) is 9.08. The van der Waals surface area contributed by atoms with Crippen molar-refractivity contribution in [2.45, 2.75) is 58.4 Å². The third kappa shape index (κ3) is 7.98. The van der Waals surface area contributed by atoms with Crippen molar-refractivity contribution in [3.63, 3.8) is 0 Å². The zero-order valence-electron chi connectivity index (χ0n) is 20.1. The summed E-state index contributed by atoms with van der Waals surface area (Å²) in [6.07, 6.45) is 9.58. The average Bonchev–Trinajstić information content (AvgIpc) is 3.28. The van der Waals surface area contributed by atoms with E-state index in [0.29, 0.717) is 12.0 Å². The summed E-state index contributed by atoms with van der Waals surface area (Å²) in [4.78, 5) is 22.8. The topological polar surface area (TPSA) is 105 Å². The number of halogens is 1. The highest BCUT2D eigenvalue weighted by molar-refractivity contribution is 14.0. The lowest BCUT2D eigenvalue weighted by Crippen LogP contribution is -2.43. The minimum absolute atomic E-state index is 0. The van der Waals surface area contributed by atoms with E-state index in [9.17, 15) is 4.79 Å². The molecular formula is C24H41IN6O2. The van der Waals surface area contributed by atoms with Crippen LogP contribution in [0.4, 0.5) is 5.82 Å². The molecular weight excluding hydrogens is 531 g/mol. The van der Waals surface area contributed by atoms with Gasteiger partial charge in [0.1, 0.15) is 5.82 Å². The van der Waals surface area contributed by atoms with Crippen molar-refractivity contribution in [3.8, 4) is 0 Å². The smallest absolute Gasteiger partial charge is 0.220 e. The predicted molar refractivity (Wildman–Crippen MR) is 144 cm³/mol. The van der Waals surface area contributed by atoms with Crippen molar-refractivity contribution < 1.29 is 9.53 Å². The first-order valence-corrected chi connectivity index (χ1v) is 12.1. The van der Waals surface area contributed by atoms with Gasteiger partial charge in [-0.2, -0.15) is 0 Å². The summed E-state index contributed by atoms with van der Waals surface area (Å²) in [5.74, 6) is 1.58. The van der Waals surface area contributed by atoms with Gasteiger partial charge in [-0.1, -0.05) is 18.9 Å². The van der Waals surface area contributed by atoms with E-state index in [1.54, 1.807) is 0 Å². The normalized spacial score (nSPS) is 18.6. The van der Waals surface area contributed by atoms with Crippen LogP contribution in [0.5, 0.6) is 0 Å². The number of anilines is 1. The number of nitrogens with zero attached hydrogens (tertiary/aromatic N) is 3. The molecule has 1 saturated heterocycles. The average molecular weight is 573 g/mol. The van der Waals surface area contributed by atoms with E-state index in [1.807, 2.05) is 19.3 Å².